The highest BCUT2D eigenvalue weighted by Crippen LogP contribution is 2.03. The fourth-order valence-electron chi connectivity index (χ4n) is 1.07. The molecule has 0 aliphatic carbocycles. The lowest BCUT2D eigenvalue weighted by Crippen LogP contribution is -2.22. The second-order valence-corrected chi connectivity index (χ2v) is 3.45. The standard InChI is InChI=1S/C9H9ClN2O3/c1-6(2-8(13)14)4-12-5-7(10)3-11-9(12)15/h2-3,5H,4H2,1H3,(H,13,14)/b6-2-. The SMILES string of the molecule is C/C(=C/C(=O)O)Cn1cc(Cl)cnc1=O. The van der Waals surface area contributed by atoms with E-state index in [-0.39, 0.29) is 6.54 Å². The molecule has 0 atom stereocenters. The Morgan fingerprint density at radius 3 is 3.00 bits per heavy atom. The molecule has 1 heterocycles. The third-order valence-corrected chi connectivity index (χ3v) is 1.81. The van der Waals surface area contributed by atoms with Gasteiger partial charge in [-0.05, 0) is 12.5 Å². The molecule has 5 nitrogen and oxygen atoms in total. The number of allylic oxidation sites excluding steroid dienone is 1. The molecule has 80 valence electrons. The Labute approximate surface area is 90.6 Å². The first-order valence-corrected chi connectivity index (χ1v) is 4.49. The van der Waals surface area contributed by atoms with Gasteiger partial charge in [0, 0.05) is 18.8 Å². The minimum Gasteiger partial charge on any atom is -0.478 e. The molecule has 0 aliphatic rings. The Kier molecular flexibility index (Phi) is 3.62. The average molecular weight is 229 g/mol. The Balaban J connectivity index is 2.94. The largest absolute Gasteiger partial charge is 0.478 e. The molecule has 1 N–H and O–H groups in total. The van der Waals surface area contributed by atoms with Gasteiger partial charge in [0.1, 0.15) is 0 Å². The number of carboxylic acids is 1. The van der Waals surface area contributed by atoms with Crippen molar-refractivity contribution in [2.24, 2.45) is 0 Å². The van der Waals surface area contributed by atoms with Crippen LogP contribution in [0.3, 0.4) is 0 Å². The van der Waals surface area contributed by atoms with Crippen LogP contribution in [0.1, 0.15) is 6.92 Å². The number of nitrogens with zero attached hydrogens (tertiary/aromatic N) is 2. The number of aromatic nitrogens is 2. The molecule has 15 heavy (non-hydrogen) atoms. The maximum absolute atomic E-state index is 11.2. The lowest BCUT2D eigenvalue weighted by Gasteiger charge is -2.04. The number of aliphatic carboxylic acids is 1. The second kappa shape index (κ2) is 4.75. The first-order chi connectivity index (χ1) is 6.99. The smallest absolute Gasteiger partial charge is 0.347 e. The minimum absolute atomic E-state index is 0.165. The van der Waals surface area contributed by atoms with E-state index in [2.05, 4.69) is 4.98 Å². The van der Waals surface area contributed by atoms with Crippen LogP contribution in [0.5, 0.6) is 0 Å². The zero-order chi connectivity index (χ0) is 11.4. The van der Waals surface area contributed by atoms with Crippen molar-refractivity contribution < 1.29 is 9.90 Å². The second-order valence-electron chi connectivity index (χ2n) is 3.01. The number of hydrogen-bond donors (Lipinski definition) is 1. The zero-order valence-corrected chi connectivity index (χ0v) is 8.73. The average Bonchev–Trinajstić information content (AvgIpc) is 2.10. The molecule has 0 aromatic carbocycles. The van der Waals surface area contributed by atoms with Crippen molar-refractivity contribution in [3.05, 3.63) is 39.5 Å². The monoisotopic (exact) mass is 228 g/mol. The van der Waals surface area contributed by atoms with Crippen molar-refractivity contribution in [3.63, 3.8) is 0 Å². The molecule has 0 saturated carbocycles. The molecular formula is C9H9ClN2O3. The zero-order valence-electron chi connectivity index (χ0n) is 7.98. The maximum atomic E-state index is 11.2. The van der Waals surface area contributed by atoms with Crippen LogP contribution in [0.4, 0.5) is 0 Å². The van der Waals surface area contributed by atoms with Gasteiger partial charge in [-0.1, -0.05) is 11.6 Å². The molecule has 1 aromatic rings. The Hall–Kier alpha value is -1.62. The van der Waals surface area contributed by atoms with Crippen LogP contribution >= 0.6 is 11.6 Å². The molecule has 0 bridgehead atoms. The summed E-state index contributed by atoms with van der Waals surface area (Å²) in [5.41, 5.74) is 0.0752. The van der Waals surface area contributed by atoms with Gasteiger partial charge >= 0.3 is 11.7 Å². The summed E-state index contributed by atoms with van der Waals surface area (Å²) < 4.78 is 1.25. The topological polar surface area (TPSA) is 72.2 Å². The van der Waals surface area contributed by atoms with Crippen LogP contribution < -0.4 is 5.69 Å². The molecular weight excluding hydrogens is 220 g/mol. The van der Waals surface area contributed by atoms with Crippen molar-refractivity contribution in [1.82, 2.24) is 9.55 Å². The van der Waals surface area contributed by atoms with E-state index in [1.807, 2.05) is 0 Å². The molecule has 0 amide bonds. The van der Waals surface area contributed by atoms with Crippen LogP contribution in [0.25, 0.3) is 0 Å². The fourth-order valence-corrected chi connectivity index (χ4v) is 1.23. The van der Waals surface area contributed by atoms with Crippen molar-refractivity contribution in [2.45, 2.75) is 13.5 Å². The van der Waals surface area contributed by atoms with Gasteiger partial charge in [-0.25, -0.2) is 14.6 Å². The summed E-state index contributed by atoms with van der Waals surface area (Å²) in [7, 11) is 0. The molecule has 0 radical (unpaired) electrons. The summed E-state index contributed by atoms with van der Waals surface area (Å²) in [5, 5.41) is 8.81. The summed E-state index contributed by atoms with van der Waals surface area (Å²) in [6.45, 7) is 1.78. The molecule has 1 rings (SSSR count). The van der Waals surface area contributed by atoms with Gasteiger partial charge in [0.15, 0.2) is 0 Å². The van der Waals surface area contributed by atoms with Crippen molar-refractivity contribution in [3.8, 4) is 0 Å². The highest BCUT2D eigenvalue weighted by molar-refractivity contribution is 6.30. The fraction of sp³-hybridized carbons (Fsp3) is 0.222. The van der Waals surface area contributed by atoms with E-state index in [1.54, 1.807) is 6.92 Å². The van der Waals surface area contributed by atoms with Crippen molar-refractivity contribution in [1.29, 1.82) is 0 Å². The number of rotatable bonds is 3. The molecule has 0 saturated heterocycles. The summed E-state index contributed by atoms with van der Waals surface area (Å²) in [6.07, 6.45) is 3.69. The van der Waals surface area contributed by atoms with E-state index in [0.29, 0.717) is 10.6 Å². The molecule has 0 aliphatic heterocycles. The third-order valence-electron chi connectivity index (χ3n) is 1.61. The normalized spacial score (nSPS) is 11.5. The first kappa shape index (κ1) is 11.5. The number of halogens is 1. The molecule has 1 aromatic heterocycles. The van der Waals surface area contributed by atoms with E-state index in [9.17, 15) is 9.59 Å². The van der Waals surface area contributed by atoms with Crippen molar-refractivity contribution >= 4 is 17.6 Å². The van der Waals surface area contributed by atoms with Gasteiger partial charge in [0.25, 0.3) is 0 Å². The van der Waals surface area contributed by atoms with Crippen LogP contribution in [0.15, 0.2) is 28.8 Å². The predicted molar refractivity (Wildman–Crippen MR) is 54.9 cm³/mol. The summed E-state index contributed by atoms with van der Waals surface area (Å²) in [5.74, 6) is -1.05. The molecule has 0 spiro atoms. The quantitative estimate of drug-likeness (QED) is 0.781. The van der Waals surface area contributed by atoms with Gasteiger partial charge in [-0.2, -0.15) is 0 Å². The number of carbonyl (C=O) groups is 1. The number of hydrogen-bond acceptors (Lipinski definition) is 3. The van der Waals surface area contributed by atoms with Crippen LogP contribution in [-0.4, -0.2) is 20.6 Å². The van der Waals surface area contributed by atoms with E-state index < -0.39 is 11.7 Å². The van der Waals surface area contributed by atoms with Gasteiger partial charge in [-0.15, -0.1) is 0 Å². The highest BCUT2D eigenvalue weighted by atomic mass is 35.5. The molecule has 0 unspecified atom stereocenters. The van der Waals surface area contributed by atoms with Gasteiger partial charge in [0.05, 0.1) is 11.2 Å². The van der Waals surface area contributed by atoms with Gasteiger partial charge < -0.3 is 5.11 Å². The lowest BCUT2D eigenvalue weighted by molar-refractivity contribution is -0.131. The predicted octanol–water partition coefficient (Wildman–Crippen LogP) is 0.928. The van der Waals surface area contributed by atoms with Gasteiger partial charge in [-0.3, -0.25) is 4.57 Å². The van der Waals surface area contributed by atoms with E-state index in [1.165, 1.54) is 17.0 Å². The summed E-state index contributed by atoms with van der Waals surface area (Å²) in [4.78, 5) is 25.1. The van der Waals surface area contributed by atoms with E-state index >= 15 is 0 Å². The first-order valence-electron chi connectivity index (χ1n) is 4.11. The van der Waals surface area contributed by atoms with E-state index in [0.717, 1.165) is 6.08 Å². The lowest BCUT2D eigenvalue weighted by atomic mass is 10.3. The van der Waals surface area contributed by atoms with Crippen LogP contribution in [0.2, 0.25) is 5.02 Å². The molecule has 0 fully saturated rings. The van der Waals surface area contributed by atoms with Crippen molar-refractivity contribution in [2.75, 3.05) is 0 Å². The van der Waals surface area contributed by atoms with E-state index in [4.69, 9.17) is 16.7 Å². The third kappa shape index (κ3) is 3.55. The minimum atomic E-state index is -1.05. The Morgan fingerprint density at radius 2 is 2.40 bits per heavy atom. The summed E-state index contributed by atoms with van der Waals surface area (Å²) >= 11 is 5.65. The Morgan fingerprint density at radius 1 is 1.73 bits per heavy atom. The summed E-state index contributed by atoms with van der Waals surface area (Å²) in [6, 6.07) is 0. The molecule has 6 heteroatoms. The van der Waals surface area contributed by atoms with Crippen LogP contribution in [0, 0.1) is 0 Å². The van der Waals surface area contributed by atoms with Crippen LogP contribution in [-0.2, 0) is 11.3 Å². The maximum Gasteiger partial charge on any atom is 0.347 e. The Bertz CT molecular complexity index is 465. The van der Waals surface area contributed by atoms with Gasteiger partial charge in [0.2, 0.25) is 0 Å². The highest BCUT2D eigenvalue weighted by Gasteiger charge is 2.00. The number of carboxylic acid groups (broad SMARTS) is 1.